The predicted molar refractivity (Wildman–Crippen MR) is 125 cm³/mol. The Hall–Kier alpha value is -3.26. The molecule has 3 aromatic rings. The largest absolute Gasteiger partial charge is 0.457 e. The van der Waals surface area contributed by atoms with E-state index in [-0.39, 0.29) is 23.7 Å². The van der Waals surface area contributed by atoms with Crippen LogP contribution in [0.25, 0.3) is 0 Å². The van der Waals surface area contributed by atoms with E-state index >= 15 is 0 Å². The number of ether oxygens (including phenoxy) is 2. The standard InChI is InChI=1S/C28H22F3O4S/c29-28(30,31)27-16-18-15-22(27)24(35-26(27)33)23(18)34-25(32)17-11-13-21(14-12-17)36(19-7-3-1-4-8-19)20-9-5-2-6-10-20/h1-14,18,22-24H,15-16H2/q+1. The average molecular weight is 512 g/mol. The van der Waals surface area contributed by atoms with Crippen LogP contribution in [0.5, 0.6) is 0 Å². The number of esters is 2. The van der Waals surface area contributed by atoms with Gasteiger partial charge in [-0.15, -0.1) is 0 Å². The first-order valence-corrected chi connectivity index (χ1v) is 13.0. The number of fused-ring (bicyclic) bond motifs is 1. The molecular weight excluding hydrogens is 489 g/mol. The third-order valence-corrected chi connectivity index (χ3v) is 9.83. The SMILES string of the molecule is O=C(OC1C2CC3C1OC(=O)C3(C(F)(F)F)C2)c1ccc([S+](c2ccccc2)c2ccccc2)cc1. The fraction of sp³-hybridized carbons (Fsp3) is 0.286. The number of alkyl halides is 3. The van der Waals surface area contributed by atoms with Crippen molar-refractivity contribution in [1.82, 2.24) is 0 Å². The lowest BCUT2D eigenvalue weighted by atomic mass is 9.73. The second-order valence-corrected chi connectivity index (χ2v) is 11.5. The van der Waals surface area contributed by atoms with Crippen LogP contribution < -0.4 is 0 Å². The van der Waals surface area contributed by atoms with Gasteiger partial charge in [0.15, 0.2) is 20.1 Å². The zero-order valence-electron chi connectivity index (χ0n) is 19.0. The second-order valence-electron chi connectivity index (χ2n) is 9.47. The van der Waals surface area contributed by atoms with E-state index in [9.17, 15) is 22.8 Å². The Kier molecular flexibility index (Phi) is 5.41. The van der Waals surface area contributed by atoms with Crippen molar-refractivity contribution < 1.29 is 32.2 Å². The number of rotatable bonds is 5. The maximum Gasteiger partial charge on any atom is 0.405 e. The number of hydrogen-bond acceptors (Lipinski definition) is 4. The molecule has 1 saturated heterocycles. The summed E-state index contributed by atoms with van der Waals surface area (Å²) in [5.74, 6) is -3.39. The van der Waals surface area contributed by atoms with E-state index in [2.05, 4.69) is 24.3 Å². The molecule has 1 heterocycles. The highest BCUT2D eigenvalue weighted by Gasteiger charge is 2.80. The van der Waals surface area contributed by atoms with Gasteiger partial charge in [0.2, 0.25) is 0 Å². The zero-order chi connectivity index (χ0) is 25.1. The van der Waals surface area contributed by atoms with Crippen LogP contribution in [0.3, 0.4) is 0 Å². The molecule has 0 N–H and O–H groups in total. The first kappa shape index (κ1) is 23.2. The van der Waals surface area contributed by atoms with Crippen molar-refractivity contribution in [2.45, 2.75) is 45.9 Å². The van der Waals surface area contributed by atoms with Gasteiger partial charge in [-0.3, -0.25) is 4.79 Å². The molecule has 2 bridgehead atoms. The van der Waals surface area contributed by atoms with Gasteiger partial charge in [-0.05, 0) is 61.4 Å². The van der Waals surface area contributed by atoms with Crippen LogP contribution in [0.1, 0.15) is 23.2 Å². The predicted octanol–water partition coefficient (Wildman–Crippen LogP) is 5.82. The van der Waals surface area contributed by atoms with Gasteiger partial charge in [0.05, 0.1) is 16.5 Å². The monoisotopic (exact) mass is 511 g/mol. The van der Waals surface area contributed by atoms with Crippen molar-refractivity contribution in [3.05, 3.63) is 90.5 Å². The molecule has 2 saturated carbocycles. The maximum atomic E-state index is 13.7. The highest BCUT2D eigenvalue weighted by molar-refractivity contribution is 7.97. The minimum absolute atomic E-state index is 0.170. The van der Waals surface area contributed by atoms with Crippen LogP contribution in [0, 0.1) is 17.3 Å². The Morgan fingerprint density at radius 2 is 1.44 bits per heavy atom. The molecule has 0 aromatic heterocycles. The van der Waals surface area contributed by atoms with Crippen molar-refractivity contribution in [3.63, 3.8) is 0 Å². The second kappa shape index (κ2) is 8.40. The molecule has 184 valence electrons. The minimum Gasteiger partial charge on any atom is -0.457 e. The molecule has 2 aliphatic carbocycles. The number of halogens is 3. The smallest absolute Gasteiger partial charge is 0.405 e. The van der Waals surface area contributed by atoms with Crippen LogP contribution in [-0.2, 0) is 25.2 Å². The molecule has 36 heavy (non-hydrogen) atoms. The van der Waals surface area contributed by atoms with E-state index in [1.54, 1.807) is 12.1 Å². The first-order valence-electron chi connectivity index (χ1n) is 11.7. The molecule has 8 heteroatoms. The van der Waals surface area contributed by atoms with Gasteiger partial charge < -0.3 is 9.47 Å². The van der Waals surface area contributed by atoms with Crippen LogP contribution in [0.2, 0.25) is 0 Å². The summed E-state index contributed by atoms with van der Waals surface area (Å²) in [6.45, 7) is 0. The van der Waals surface area contributed by atoms with Crippen LogP contribution >= 0.6 is 0 Å². The van der Waals surface area contributed by atoms with Gasteiger partial charge >= 0.3 is 18.1 Å². The average Bonchev–Trinajstić information content (AvgIpc) is 3.49. The third-order valence-electron chi connectivity index (χ3n) is 7.60. The van der Waals surface area contributed by atoms with Gasteiger partial charge in [0.1, 0.15) is 12.2 Å². The molecule has 5 unspecified atom stereocenters. The normalized spacial score (nSPS) is 28.4. The van der Waals surface area contributed by atoms with Crippen molar-refractivity contribution in [2.24, 2.45) is 17.3 Å². The molecule has 6 rings (SSSR count). The summed E-state index contributed by atoms with van der Waals surface area (Å²) >= 11 is 0. The summed E-state index contributed by atoms with van der Waals surface area (Å²) in [6, 6.07) is 27.3. The minimum atomic E-state index is -4.67. The van der Waals surface area contributed by atoms with Crippen molar-refractivity contribution in [3.8, 4) is 0 Å². The van der Waals surface area contributed by atoms with E-state index in [0.29, 0.717) is 5.56 Å². The van der Waals surface area contributed by atoms with Gasteiger partial charge in [-0.1, -0.05) is 36.4 Å². The molecule has 0 spiro atoms. The van der Waals surface area contributed by atoms with Gasteiger partial charge in [0.25, 0.3) is 0 Å². The number of carbonyl (C=O) groups is 2. The first-order chi connectivity index (χ1) is 17.3. The molecule has 4 nitrogen and oxygen atoms in total. The lowest BCUT2D eigenvalue weighted by Gasteiger charge is -2.33. The molecule has 0 radical (unpaired) electrons. The summed E-state index contributed by atoms with van der Waals surface area (Å²) in [5.41, 5.74) is -2.14. The molecule has 3 aromatic carbocycles. The Bertz CT molecular complexity index is 1260. The van der Waals surface area contributed by atoms with E-state index in [1.807, 2.05) is 48.5 Å². The fourth-order valence-corrected chi connectivity index (χ4v) is 8.08. The van der Waals surface area contributed by atoms with Crippen LogP contribution in [0.4, 0.5) is 13.2 Å². The van der Waals surface area contributed by atoms with Crippen molar-refractivity contribution >= 4 is 22.8 Å². The summed E-state index contributed by atoms with van der Waals surface area (Å²) in [4.78, 5) is 28.5. The summed E-state index contributed by atoms with van der Waals surface area (Å²) in [5, 5.41) is 0. The molecule has 5 atom stereocenters. The number of hydrogen-bond donors (Lipinski definition) is 0. The quantitative estimate of drug-likeness (QED) is 0.320. The van der Waals surface area contributed by atoms with Gasteiger partial charge in [0, 0.05) is 11.8 Å². The van der Waals surface area contributed by atoms with E-state index < -0.39 is 47.6 Å². The topological polar surface area (TPSA) is 52.6 Å². The lowest BCUT2D eigenvalue weighted by Crippen LogP contribution is -2.48. The maximum absolute atomic E-state index is 13.7. The molecular formula is C28H22F3O4S+. The highest BCUT2D eigenvalue weighted by Crippen LogP contribution is 2.67. The molecule has 3 aliphatic rings. The zero-order valence-corrected chi connectivity index (χ0v) is 19.8. The Balaban J connectivity index is 1.22. The molecule has 3 fully saturated rings. The Labute approximate surface area is 208 Å². The van der Waals surface area contributed by atoms with E-state index in [0.717, 1.165) is 14.7 Å². The van der Waals surface area contributed by atoms with E-state index in [4.69, 9.17) is 9.47 Å². The molecule has 1 aliphatic heterocycles. The van der Waals surface area contributed by atoms with Crippen molar-refractivity contribution in [2.75, 3.05) is 0 Å². The van der Waals surface area contributed by atoms with Crippen LogP contribution in [0.15, 0.2) is 99.6 Å². The number of benzene rings is 3. The highest BCUT2D eigenvalue weighted by atomic mass is 32.2. The third kappa shape index (κ3) is 3.45. The Morgan fingerprint density at radius 3 is 2.00 bits per heavy atom. The molecule has 0 amide bonds. The van der Waals surface area contributed by atoms with E-state index in [1.165, 1.54) is 0 Å². The summed E-state index contributed by atoms with van der Waals surface area (Å²) in [6.07, 6.45) is -6.78. The fourth-order valence-electron chi connectivity index (χ4n) is 6.00. The van der Waals surface area contributed by atoms with Gasteiger partial charge in [-0.2, -0.15) is 13.2 Å². The van der Waals surface area contributed by atoms with Gasteiger partial charge in [-0.25, -0.2) is 4.79 Å². The van der Waals surface area contributed by atoms with Crippen molar-refractivity contribution in [1.29, 1.82) is 0 Å². The van der Waals surface area contributed by atoms with Crippen LogP contribution in [-0.4, -0.2) is 30.3 Å². The summed E-state index contributed by atoms with van der Waals surface area (Å²) in [7, 11) is -0.376. The lowest BCUT2D eigenvalue weighted by molar-refractivity contribution is -0.230. The summed E-state index contributed by atoms with van der Waals surface area (Å²) < 4.78 is 52.0. The number of carbonyl (C=O) groups excluding carboxylic acids is 2. The Morgan fingerprint density at radius 1 is 0.889 bits per heavy atom.